The molecule has 1 aromatic carbocycles. The summed E-state index contributed by atoms with van der Waals surface area (Å²) in [6.45, 7) is 1.82. The van der Waals surface area contributed by atoms with Crippen molar-refractivity contribution in [3.05, 3.63) is 58.1 Å². The summed E-state index contributed by atoms with van der Waals surface area (Å²) in [5.74, 6) is -1.72. The van der Waals surface area contributed by atoms with Crippen molar-refractivity contribution >= 4 is 32.8 Å². The number of hydrogen-bond acceptors (Lipinski definition) is 4. The maximum Gasteiger partial charge on any atom is 0.305 e. The van der Waals surface area contributed by atoms with Crippen LogP contribution in [0.4, 0.5) is 0 Å². The van der Waals surface area contributed by atoms with Gasteiger partial charge in [-0.3, -0.25) is 4.79 Å². The SMILES string of the molecule is CC(=O)OC1(c2ccoc2)OCCc2c1[nH]c1c(Br)cccc21. The van der Waals surface area contributed by atoms with Gasteiger partial charge in [-0.15, -0.1) is 0 Å². The molecule has 1 N–H and O–H groups in total. The predicted octanol–water partition coefficient (Wildman–Crippen LogP) is 3.86. The first-order valence-electron chi connectivity index (χ1n) is 7.27. The molecule has 0 saturated heterocycles. The molecule has 5 nitrogen and oxygen atoms in total. The Balaban J connectivity index is 2.02. The Morgan fingerprint density at radius 3 is 3.00 bits per heavy atom. The summed E-state index contributed by atoms with van der Waals surface area (Å²) in [4.78, 5) is 15.1. The fourth-order valence-electron chi connectivity index (χ4n) is 3.17. The van der Waals surface area contributed by atoms with E-state index in [1.165, 1.54) is 13.2 Å². The standard InChI is InChI=1S/C17H14BrNO4/c1-10(20)23-17(11-5-7-21-9-11)16-13(6-8-22-17)12-3-2-4-14(18)15(12)19-16/h2-5,7,9,19H,6,8H2,1H3. The largest absolute Gasteiger partial charge is 0.472 e. The molecule has 0 aliphatic carbocycles. The van der Waals surface area contributed by atoms with Gasteiger partial charge in [-0.2, -0.15) is 0 Å². The minimum atomic E-state index is -1.30. The third-order valence-electron chi connectivity index (χ3n) is 4.07. The highest BCUT2D eigenvalue weighted by molar-refractivity contribution is 9.10. The summed E-state index contributed by atoms with van der Waals surface area (Å²) in [7, 11) is 0. The van der Waals surface area contributed by atoms with Crippen molar-refractivity contribution in [1.82, 2.24) is 4.98 Å². The van der Waals surface area contributed by atoms with Gasteiger partial charge in [0, 0.05) is 16.8 Å². The molecule has 2 aromatic heterocycles. The van der Waals surface area contributed by atoms with Crippen LogP contribution >= 0.6 is 15.9 Å². The number of para-hydroxylation sites is 1. The number of fused-ring (bicyclic) bond motifs is 3. The number of hydrogen-bond donors (Lipinski definition) is 1. The summed E-state index contributed by atoms with van der Waals surface area (Å²) in [6.07, 6.45) is 3.82. The Morgan fingerprint density at radius 2 is 2.26 bits per heavy atom. The third kappa shape index (κ3) is 2.13. The lowest BCUT2D eigenvalue weighted by atomic mass is 9.96. The van der Waals surface area contributed by atoms with Gasteiger partial charge in [0.25, 0.3) is 5.79 Å². The molecule has 0 amide bonds. The lowest BCUT2D eigenvalue weighted by Gasteiger charge is -2.35. The van der Waals surface area contributed by atoms with E-state index in [4.69, 9.17) is 13.9 Å². The minimum absolute atomic E-state index is 0.420. The number of esters is 1. The van der Waals surface area contributed by atoms with Crippen molar-refractivity contribution in [3.8, 4) is 0 Å². The van der Waals surface area contributed by atoms with E-state index in [0.717, 1.165) is 33.1 Å². The highest BCUT2D eigenvalue weighted by atomic mass is 79.9. The molecule has 1 aliphatic heterocycles. The second-order valence-electron chi connectivity index (χ2n) is 5.46. The van der Waals surface area contributed by atoms with Gasteiger partial charge < -0.3 is 18.9 Å². The van der Waals surface area contributed by atoms with E-state index >= 15 is 0 Å². The fraction of sp³-hybridized carbons (Fsp3) is 0.235. The van der Waals surface area contributed by atoms with Gasteiger partial charge in [-0.25, -0.2) is 0 Å². The van der Waals surface area contributed by atoms with E-state index in [9.17, 15) is 4.79 Å². The monoisotopic (exact) mass is 375 g/mol. The summed E-state index contributed by atoms with van der Waals surface area (Å²) >= 11 is 3.56. The average Bonchev–Trinajstić information content (AvgIpc) is 3.15. The summed E-state index contributed by atoms with van der Waals surface area (Å²) in [6, 6.07) is 7.76. The number of carbonyl (C=O) groups is 1. The summed E-state index contributed by atoms with van der Waals surface area (Å²) in [5, 5.41) is 1.10. The van der Waals surface area contributed by atoms with Crippen LogP contribution in [0.2, 0.25) is 0 Å². The van der Waals surface area contributed by atoms with Crippen LogP contribution in [0.25, 0.3) is 10.9 Å². The quantitative estimate of drug-likeness (QED) is 0.690. The molecule has 118 valence electrons. The van der Waals surface area contributed by atoms with Crippen LogP contribution in [-0.4, -0.2) is 17.6 Å². The molecule has 3 aromatic rings. The second kappa shape index (κ2) is 5.25. The third-order valence-corrected chi connectivity index (χ3v) is 4.73. The highest BCUT2D eigenvalue weighted by Gasteiger charge is 2.46. The van der Waals surface area contributed by atoms with Crippen LogP contribution in [0.3, 0.4) is 0 Å². The number of ether oxygens (including phenoxy) is 2. The smallest absolute Gasteiger partial charge is 0.305 e. The van der Waals surface area contributed by atoms with Gasteiger partial charge in [0.1, 0.15) is 6.26 Å². The molecule has 0 spiro atoms. The van der Waals surface area contributed by atoms with Gasteiger partial charge in [0.15, 0.2) is 0 Å². The molecule has 0 fully saturated rings. The summed E-state index contributed by atoms with van der Waals surface area (Å²) in [5.41, 5.74) is 3.44. The van der Waals surface area contributed by atoms with Crippen LogP contribution in [0.15, 0.2) is 45.7 Å². The van der Waals surface area contributed by atoms with Gasteiger partial charge >= 0.3 is 5.97 Å². The minimum Gasteiger partial charge on any atom is -0.472 e. The number of benzene rings is 1. The van der Waals surface area contributed by atoms with Crippen LogP contribution in [0.1, 0.15) is 23.7 Å². The molecule has 0 bridgehead atoms. The molecule has 6 heteroatoms. The van der Waals surface area contributed by atoms with Gasteiger partial charge in [-0.05, 0) is 40.0 Å². The predicted molar refractivity (Wildman–Crippen MR) is 86.9 cm³/mol. The topological polar surface area (TPSA) is 64.5 Å². The van der Waals surface area contributed by atoms with Gasteiger partial charge in [0.05, 0.1) is 29.6 Å². The number of rotatable bonds is 2. The van der Waals surface area contributed by atoms with Gasteiger partial charge in [-0.1, -0.05) is 12.1 Å². The highest BCUT2D eigenvalue weighted by Crippen LogP contribution is 2.43. The lowest BCUT2D eigenvalue weighted by molar-refractivity contribution is -0.222. The van der Waals surface area contributed by atoms with Crippen LogP contribution in [0.5, 0.6) is 0 Å². The van der Waals surface area contributed by atoms with Crippen molar-refractivity contribution in [3.63, 3.8) is 0 Å². The zero-order valence-corrected chi connectivity index (χ0v) is 14.0. The average molecular weight is 376 g/mol. The van der Waals surface area contributed by atoms with E-state index in [-0.39, 0.29) is 0 Å². The van der Waals surface area contributed by atoms with E-state index in [1.54, 1.807) is 12.3 Å². The molecular formula is C17H14BrNO4. The fourth-order valence-corrected chi connectivity index (χ4v) is 3.63. The molecule has 1 atom stereocenters. The lowest BCUT2D eigenvalue weighted by Crippen LogP contribution is -2.40. The van der Waals surface area contributed by atoms with Crippen molar-refractivity contribution in [2.45, 2.75) is 19.1 Å². The Hall–Kier alpha value is -2.05. The maximum absolute atomic E-state index is 11.7. The van der Waals surface area contributed by atoms with E-state index in [0.29, 0.717) is 12.2 Å². The molecule has 23 heavy (non-hydrogen) atoms. The summed E-state index contributed by atoms with van der Waals surface area (Å²) < 4.78 is 17.8. The molecule has 4 rings (SSSR count). The Kier molecular flexibility index (Phi) is 3.32. The van der Waals surface area contributed by atoms with E-state index < -0.39 is 11.8 Å². The van der Waals surface area contributed by atoms with Gasteiger partial charge in [0.2, 0.25) is 0 Å². The Labute approximate surface area is 140 Å². The maximum atomic E-state index is 11.7. The van der Waals surface area contributed by atoms with Crippen molar-refractivity contribution in [2.75, 3.05) is 6.61 Å². The number of halogens is 1. The second-order valence-corrected chi connectivity index (χ2v) is 6.32. The number of aromatic amines is 1. The first-order chi connectivity index (χ1) is 11.1. The Morgan fingerprint density at radius 1 is 1.39 bits per heavy atom. The zero-order chi connectivity index (χ0) is 16.0. The number of aromatic nitrogens is 1. The molecule has 3 heterocycles. The van der Waals surface area contributed by atoms with Crippen molar-refractivity contribution in [2.24, 2.45) is 0 Å². The van der Waals surface area contributed by atoms with Crippen LogP contribution in [-0.2, 0) is 26.5 Å². The van der Waals surface area contributed by atoms with Crippen molar-refractivity contribution in [1.29, 1.82) is 0 Å². The molecular weight excluding hydrogens is 362 g/mol. The van der Waals surface area contributed by atoms with Crippen molar-refractivity contribution < 1.29 is 18.7 Å². The number of nitrogens with one attached hydrogen (secondary N) is 1. The molecule has 0 radical (unpaired) electrons. The molecule has 0 saturated carbocycles. The first kappa shape index (κ1) is 14.5. The van der Waals surface area contributed by atoms with E-state index in [2.05, 4.69) is 27.0 Å². The van der Waals surface area contributed by atoms with Crippen LogP contribution in [0, 0.1) is 0 Å². The molecule has 1 unspecified atom stereocenters. The Bertz CT molecular complexity index is 884. The number of H-pyrrole nitrogens is 1. The van der Waals surface area contributed by atoms with E-state index in [1.807, 2.05) is 12.1 Å². The number of carbonyl (C=O) groups excluding carboxylic acids is 1. The first-order valence-corrected chi connectivity index (χ1v) is 8.07. The number of furan rings is 1. The molecule has 1 aliphatic rings. The zero-order valence-electron chi connectivity index (χ0n) is 12.4. The normalized spacial score (nSPS) is 20.4. The van der Waals surface area contributed by atoms with Crippen LogP contribution < -0.4 is 0 Å².